The van der Waals surface area contributed by atoms with Crippen LogP contribution in [0.4, 0.5) is 17.6 Å². The first kappa shape index (κ1) is 18.2. The van der Waals surface area contributed by atoms with Crippen LogP contribution >= 0.6 is 0 Å². The van der Waals surface area contributed by atoms with Gasteiger partial charge in [-0.15, -0.1) is 0 Å². The van der Waals surface area contributed by atoms with E-state index in [-0.39, 0.29) is 16.7 Å². The first-order valence-corrected chi connectivity index (χ1v) is 8.68. The number of benzene rings is 2. The smallest absolute Gasteiger partial charge is 0.228 e. The quantitative estimate of drug-likeness (QED) is 0.417. The molecule has 142 valence electrons. The normalized spacial score (nSPS) is 11.9. The molecule has 0 amide bonds. The zero-order valence-corrected chi connectivity index (χ0v) is 14.8. The summed E-state index contributed by atoms with van der Waals surface area (Å²) < 4.78 is 55.5. The number of pyridine rings is 1. The zero-order chi connectivity index (χ0) is 19.9. The Kier molecular flexibility index (Phi) is 4.37. The molecule has 0 atom stereocenters. The van der Waals surface area contributed by atoms with Gasteiger partial charge in [-0.1, -0.05) is 31.2 Å². The fraction of sp³-hybridized carbons (Fsp3) is 0.143. The summed E-state index contributed by atoms with van der Waals surface area (Å²) in [5, 5.41) is 3.96. The largest absolute Gasteiger partial charge is 0.417 e. The molecule has 0 unspecified atom stereocenters. The van der Waals surface area contributed by atoms with Crippen LogP contribution in [0.15, 0.2) is 60.8 Å². The van der Waals surface area contributed by atoms with Crippen LogP contribution in [-0.2, 0) is 12.6 Å². The minimum absolute atomic E-state index is 0.0657. The van der Waals surface area contributed by atoms with Crippen molar-refractivity contribution in [2.24, 2.45) is 0 Å². The number of rotatable bonds is 3. The number of aryl methyl sites for hydroxylation is 1. The first-order valence-electron chi connectivity index (χ1n) is 8.68. The van der Waals surface area contributed by atoms with Crippen molar-refractivity contribution in [1.82, 2.24) is 14.8 Å². The molecule has 4 aromatic rings. The maximum Gasteiger partial charge on any atom is 0.417 e. The monoisotopic (exact) mass is 385 g/mol. The Morgan fingerprint density at radius 3 is 2.25 bits per heavy atom. The van der Waals surface area contributed by atoms with Gasteiger partial charge in [0.15, 0.2) is 5.65 Å². The Morgan fingerprint density at radius 2 is 1.64 bits per heavy atom. The van der Waals surface area contributed by atoms with E-state index in [4.69, 9.17) is 0 Å². The zero-order valence-electron chi connectivity index (χ0n) is 14.8. The van der Waals surface area contributed by atoms with Crippen molar-refractivity contribution in [3.63, 3.8) is 0 Å². The number of halogens is 4. The molecule has 2 aromatic heterocycles. The molecule has 2 heterocycles. The van der Waals surface area contributed by atoms with Crippen LogP contribution in [0, 0.1) is 5.82 Å². The highest BCUT2D eigenvalue weighted by molar-refractivity contribution is 5.84. The molecule has 3 nitrogen and oxygen atoms in total. The molecule has 0 aliphatic rings. The van der Waals surface area contributed by atoms with Crippen molar-refractivity contribution in [2.75, 3.05) is 0 Å². The number of alkyl halides is 3. The molecule has 0 spiro atoms. The molecule has 2 aromatic carbocycles. The maximum atomic E-state index is 13.7. The van der Waals surface area contributed by atoms with Gasteiger partial charge in [-0.3, -0.25) is 0 Å². The van der Waals surface area contributed by atoms with Gasteiger partial charge in [0.05, 0.1) is 28.5 Å². The highest BCUT2D eigenvalue weighted by Gasteiger charge is 2.34. The van der Waals surface area contributed by atoms with Gasteiger partial charge >= 0.3 is 6.18 Å². The molecule has 0 aliphatic heterocycles. The fourth-order valence-electron chi connectivity index (χ4n) is 3.07. The third-order valence-electron chi connectivity index (χ3n) is 4.58. The highest BCUT2D eigenvalue weighted by Crippen LogP contribution is 2.37. The minimum atomic E-state index is -4.56. The predicted molar refractivity (Wildman–Crippen MR) is 98.6 cm³/mol. The van der Waals surface area contributed by atoms with E-state index in [1.54, 1.807) is 12.1 Å². The van der Waals surface area contributed by atoms with Gasteiger partial charge in [-0.25, -0.2) is 14.1 Å². The fourth-order valence-corrected chi connectivity index (χ4v) is 3.07. The lowest BCUT2D eigenvalue weighted by atomic mass is 10.0. The number of nitrogens with zero attached hydrogens (tertiary/aromatic N) is 3. The molecular formula is C21H15F4N3. The summed E-state index contributed by atoms with van der Waals surface area (Å²) in [5.74, 6) is -0.444. The van der Waals surface area contributed by atoms with Gasteiger partial charge in [-0.05, 0) is 42.3 Å². The average molecular weight is 385 g/mol. The number of aromatic nitrogens is 3. The van der Waals surface area contributed by atoms with Crippen molar-refractivity contribution in [3.8, 4) is 16.9 Å². The molecule has 0 saturated heterocycles. The van der Waals surface area contributed by atoms with Gasteiger partial charge in [0.1, 0.15) is 5.82 Å². The number of fused-ring (bicyclic) bond motifs is 1. The summed E-state index contributed by atoms with van der Waals surface area (Å²) in [6.45, 7) is 2.00. The summed E-state index contributed by atoms with van der Waals surface area (Å²) in [6.07, 6.45) is -2.59. The molecule has 28 heavy (non-hydrogen) atoms. The van der Waals surface area contributed by atoms with Crippen molar-refractivity contribution < 1.29 is 17.6 Å². The summed E-state index contributed by atoms with van der Waals surface area (Å²) in [6, 6.07) is 13.6. The van der Waals surface area contributed by atoms with E-state index in [1.165, 1.54) is 28.9 Å². The summed E-state index contributed by atoms with van der Waals surface area (Å²) in [4.78, 5) is 4.44. The van der Waals surface area contributed by atoms with Gasteiger partial charge in [0.2, 0.25) is 0 Å². The predicted octanol–water partition coefficient (Wildman–Crippen LogP) is 5.81. The van der Waals surface area contributed by atoms with Crippen LogP contribution in [0.3, 0.4) is 0 Å². The minimum Gasteiger partial charge on any atom is -0.228 e. The molecule has 0 radical (unpaired) electrons. The Hall–Kier alpha value is -3.22. The van der Waals surface area contributed by atoms with Crippen LogP contribution in [-0.4, -0.2) is 14.8 Å². The van der Waals surface area contributed by atoms with Crippen LogP contribution in [0.5, 0.6) is 0 Å². The Labute approximate surface area is 158 Å². The summed E-state index contributed by atoms with van der Waals surface area (Å²) in [5.41, 5.74) is 1.55. The number of hydrogen-bond donors (Lipinski definition) is 0. The van der Waals surface area contributed by atoms with Crippen LogP contribution in [0.25, 0.3) is 28.0 Å². The van der Waals surface area contributed by atoms with E-state index >= 15 is 0 Å². The van der Waals surface area contributed by atoms with Crippen LogP contribution in [0.1, 0.15) is 18.1 Å². The van der Waals surface area contributed by atoms with Crippen LogP contribution in [0.2, 0.25) is 0 Å². The molecule has 0 aliphatic carbocycles. The molecule has 0 fully saturated rings. The van der Waals surface area contributed by atoms with E-state index in [0.29, 0.717) is 11.3 Å². The van der Waals surface area contributed by atoms with Crippen molar-refractivity contribution in [1.29, 1.82) is 0 Å². The molecule has 4 rings (SSSR count). The van der Waals surface area contributed by atoms with Crippen LogP contribution < -0.4 is 0 Å². The topological polar surface area (TPSA) is 30.7 Å². The van der Waals surface area contributed by atoms with Gasteiger partial charge in [-0.2, -0.15) is 18.3 Å². The van der Waals surface area contributed by atoms with E-state index in [1.807, 2.05) is 19.1 Å². The van der Waals surface area contributed by atoms with E-state index in [0.717, 1.165) is 24.2 Å². The van der Waals surface area contributed by atoms with E-state index in [9.17, 15) is 17.6 Å². The summed E-state index contributed by atoms with van der Waals surface area (Å²) >= 11 is 0. The summed E-state index contributed by atoms with van der Waals surface area (Å²) in [7, 11) is 0. The molecule has 0 saturated carbocycles. The lowest BCUT2D eigenvalue weighted by molar-refractivity contribution is -0.136. The second-order valence-electron chi connectivity index (χ2n) is 6.37. The van der Waals surface area contributed by atoms with E-state index < -0.39 is 17.6 Å². The molecule has 0 bridgehead atoms. The molecular weight excluding hydrogens is 370 g/mol. The third kappa shape index (κ3) is 3.24. The Bertz CT molecular complexity index is 1130. The lowest BCUT2D eigenvalue weighted by Gasteiger charge is -2.12. The van der Waals surface area contributed by atoms with Gasteiger partial charge in [0.25, 0.3) is 0 Å². The van der Waals surface area contributed by atoms with E-state index in [2.05, 4.69) is 10.1 Å². The highest BCUT2D eigenvalue weighted by atomic mass is 19.4. The standard InChI is InChI=1S/C21H15F4N3/c1-2-13-3-5-14(6-4-13)19-11-18(21(23,24)25)17-12-26-28(20(17)27-19)16-9-7-15(22)8-10-16/h3-12H,2H2,1H3. The Balaban J connectivity index is 1.95. The maximum absolute atomic E-state index is 13.7. The van der Waals surface area contributed by atoms with Crippen molar-refractivity contribution >= 4 is 11.0 Å². The van der Waals surface area contributed by atoms with Crippen molar-refractivity contribution in [3.05, 3.63) is 77.7 Å². The SMILES string of the molecule is CCc1ccc(-c2cc(C(F)(F)F)c3cnn(-c4ccc(F)cc4)c3n2)cc1. The van der Waals surface area contributed by atoms with Gasteiger partial charge < -0.3 is 0 Å². The molecule has 0 N–H and O–H groups in total. The number of hydrogen-bond acceptors (Lipinski definition) is 2. The first-order chi connectivity index (χ1) is 13.4. The van der Waals surface area contributed by atoms with Gasteiger partial charge in [0, 0.05) is 5.56 Å². The Morgan fingerprint density at radius 1 is 0.964 bits per heavy atom. The molecule has 7 heteroatoms. The second kappa shape index (κ2) is 6.74. The lowest BCUT2D eigenvalue weighted by Crippen LogP contribution is -2.07. The second-order valence-corrected chi connectivity index (χ2v) is 6.37. The average Bonchev–Trinajstić information content (AvgIpc) is 3.11. The third-order valence-corrected chi connectivity index (χ3v) is 4.58. The van der Waals surface area contributed by atoms with Crippen molar-refractivity contribution in [2.45, 2.75) is 19.5 Å².